The van der Waals surface area contributed by atoms with Crippen molar-refractivity contribution in [2.45, 2.75) is 19.9 Å². The van der Waals surface area contributed by atoms with Crippen molar-refractivity contribution in [3.8, 4) is 16.9 Å². The Labute approximate surface area is 245 Å². The number of benzene rings is 2. The second-order valence-corrected chi connectivity index (χ2v) is 7.45. The van der Waals surface area contributed by atoms with Gasteiger partial charge in [-0.3, -0.25) is 9.78 Å². The maximum atomic E-state index is 14.0. The first-order valence-corrected chi connectivity index (χ1v) is 10.5. The van der Waals surface area contributed by atoms with Crippen LogP contribution in [0.1, 0.15) is 50.5 Å². The summed E-state index contributed by atoms with van der Waals surface area (Å²) in [5, 5.41) is 4.29. The largest absolute Gasteiger partial charge is 0.416 e. The Morgan fingerprint density at radius 1 is 1.08 bits per heavy atom. The number of nitrogens with one attached hydrogen (secondary N) is 2. The van der Waals surface area contributed by atoms with E-state index in [1.807, 2.05) is 5.32 Å². The Kier molecular flexibility index (Phi) is 3.24. The van der Waals surface area contributed by atoms with Gasteiger partial charge in [0.15, 0.2) is 0 Å². The minimum Gasteiger partial charge on any atom is -0.324 e. The third-order valence-electron chi connectivity index (χ3n) is 4.77. The fraction of sp³-hybridized carbons (Fsp3) is 0.107. The zero-order chi connectivity index (χ0) is 42.1. The van der Waals surface area contributed by atoms with E-state index in [1.54, 1.807) is 0 Å². The number of aromatic nitrogens is 5. The molecule has 8 nitrogen and oxygen atoms in total. The Hall–Kier alpha value is -5.06. The highest BCUT2D eigenvalue weighted by Crippen LogP contribution is 2.33. The number of amides is 1. The van der Waals surface area contributed by atoms with E-state index in [2.05, 4.69) is 25.3 Å². The number of hydrogen-bond acceptors (Lipinski definition) is 6. The number of pyridine rings is 1. The molecule has 0 fully saturated rings. The van der Waals surface area contributed by atoms with Gasteiger partial charge >= 0.3 is 6.18 Å². The molecule has 0 aliphatic carbocycles. The smallest absolute Gasteiger partial charge is 0.324 e. The molecular formula is C28H22F3N7O. The second-order valence-electron chi connectivity index (χ2n) is 7.45. The van der Waals surface area contributed by atoms with E-state index in [1.165, 1.54) is 0 Å². The number of halogens is 3. The number of anilines is 3. The summed E-state index contributed by atoms with van der Waals surface area (Å²) < 4.78 is 179. The van der Waals surface area contributed by atoms with E-state index in [4.69, 9.17) is 23.3 Å². The third-order valence-corrected chi connectivity index (χ3v) is 4.77. The molecule has 3 aromatic heterocycles. The van der Waals surface area contributed by atoms with Crippen molar-refractivity contribution in [1.29, 1.82) is 0 Å². The monoisotopic (exact) mass is 546 g/mol. The quantitative estimate of drug-likeness (QED) is 0.257. The third kappa shape index (κ3) is 5.93. The molecule has 39 heavy (non-hydrogen) atoms. The van der Waals surface area contributed by atoms with Gasteiger partial charge in [-0.1, -0.05) is 6.04 Å². The first-order chi connectivity index (χ1) is 25.6. The standard InChI is InChI=1S/C28H22F3N7O/c1-17-5-6-19(10-25(17)37-27-33-9-7-24(36-27)20-4-3-8-32-14-20)26(39)35-22-11-21(28(29,30)31)12-23(13-22)38-15-18(2)34-16-38/h3-16H,1-2H3,(H,35,39)(H,33,36,37)/i1D3,2D3,3D,4D,5D,6D,7D,8D,9D,10D,14D,15D,16D. The van der Waals surface area contributed by atoms with Gasteiger partial charge in [0.1, 0.15) is 1.37 Å². The molecule has 5 rings (SSSR count). The average Bonchev–Trinajstić information content (AvgIpc) is 3.37. The van der Waals surface area contributed by atoms with Crippen LogP contribution in [0.4, 0.5) is 30.5 Å². The zero-order valence-corrected chi connectivity index (χ0v) is 19.0. The van der Waals surface area contributed by atoms with Crippen LogP contribution in [-0.4, -0.2) is 30.4 Å². The molecule has 2 N–H and O–H groups in total. The zero-order valence-electron chi connectivity index (χ0n) is 36.0. The molecule has 0 saturated carbocycles. The van der Waals surface area contributed by atoms with E-state index < -0.39 is 150 Å². The topological polar surface area (TPSA) is 97.6 Å². The summed E-state index contributed by atoms with van der Waals surface area (Å²) in [7, 11) is 0. The van der Waals surface area contributed by atoms with Crippen LogP contribution in [-0.2, 0) is 6.18 Å². The Morgan fingerprint density at radius 3 is 2.77 bits per heavy atom. The Balaban J connectivity index is 1.67. The molecule has 0 unspecified atom stereocenters. The Bertz CT molecular complexity index is 2450. The molecule has 196 valence electrons. The summed E-state index contributed by atoms with van der Waals surface area (Å²) in [6.45, 7) is -6.34. The summed E-state index contributed by atoms with van der Waals surface area (Å²) in [6.07, 6.45) is -9.51. The van der Waals surface area contributed by atoms with Crippen molar-refractivity contribution < 1.29 is 41.3 Å². The van der Waals surface area contributed by atoms with Gasteiger partial charge in [-0.15, -0.1) is 0 Å². The molecule has 0 atom stereocenters. The second kappa shape index (κ2) is 10.4. The van der Waals surface area contributed by atoms with Gasteiger partial charge in [-0.2, -0.15) is 13.2 Å². The summed E-state index contributed by atoms with van der Waals surface area (Å²) in [6, 6.07) is -4.25. The molecule has 0 saturated heterocycles. The summed E-state index contributed by atoms with van der Waals surface area (Å²) in [5.41, 5.74) is -8.10. The molecule has 0 bridgehead atoms. The Morgan fingerprint density at radius 2 is 1.97 bits per heavy atom. The van der Waals surface area contributed by atoms with Crippen molar-refractivity contribution in [2.75, 3.05) is 10.6 Å². The molecule has 11 heteroatoms. The number of carbonyl (C=O) groups excluding carboxylic acids is 1. The minimum absolute atomic E-state index is 0.389. The van der Waals surface area contributed by atoms with Crippen LogP contribution in [0.3, 0.4) is 0 Å². The van der Waals surface area contributed by atoms with Crippen molar-refractivity contribution in [2.24, 2.45) is 0 Å². The first kappa shape index (κ1) is 12.2. The number of aryl methyl sites for hydroxylation is 1. The molecule has 1 amide bonds. The molecule has 5 aromatic rings. The maximum Gasteiger partial charge on any atom is 0.416 e. The van der Waals surface area contributed by atoms with E-state index in [0.717, 1.165) is 6.07 Å². The minimum atomic E-state index is -5.13. The lowest BCUT2D eigenvalue weighted by molar-refractivity contribution is -0.137. The molecule has 0 radical (unpaired) electrons. The predicted octanol–water partition coefficient (Wildman–Crippen LogP) is 6.36. The van der Waals surface area contributed by atoms with Crippen LogP contribution < -0.4 is 10.6 Å². The number of carbonyl (C=O) groups is 1. The molecule has 2 aromatic carbocycles. The highest BCUT2D eigenvalue weighted by molar-refractivity contribution is 6.05. The van der Waals surface area contributed by atoms with Crippen LogP contribution in [0.2, 0.25) is 0 Å². The number of rotatable bonds is 6. The van der Waals surface area contributed by atoms with Gasteiger partial charge in [0.2, 0.25) is 5.95 Å². The average molecular weight is 547 g/mol. The van der Waals surface area contributed by atoms with Crippen molar-refractivity contribution in [1.82, 2.24) is 24.5 Å². The van der Waals surface area contributed by atoms with Gasteiger partial charge in [0.25, 0.3) is 5.91 Å². The maximum absolute atomic E-state index is 14.0. The van der Waals surface area contributed by atoms with Crippen molar-refractivity contribution >= 4 is 23.2 Å². The van der Waals surface area contributed by atoms with Gasteiger partial charge in [-0.25, -0.2) is 15.0 Å². The number of hydrogen-bond donors (Lipinski definition) is 2. The van der Waals surface area contributed by atoms with E-state index in [0.29, 0.717) is 16.7 Å². The van der Waals surface area contributed by atoms with E-state index in [9.17, 15) is 18.0 Å². The van der Waals surface area contributed by atoms with Gasteiger partial charge in [0.05, 0.1) is 37.0 Å². The molecule has 0 spiro atoms. The van der Waals surface area contributed by atoms with Crippen LogP contribution in [0.5, 0.6) is 0 Å². The fourth-order valence-electron chi connectivity index (χ4n) is 3.08. The van der Waals surface area contributed by atoms with Crippen molar-refractivity contribution in [3.05, 3.63) is 108 Å². The van der Waals surface area contributed by atoms with Gasteiger partial charge in [-0.05, 0) is 67.7 Å². The lowest BCUT2D eigenvalue weighted by Crippen LogP contribution is -2.14. The van der Waals surface area contributed by atoms with Gasteiger partial charge < -0.3 is 15.2 Å². The molecule has 3 heterocycles. The first-order valence-electron chi connectivity index (χ1n) is 19.0. The normalized spacial score (nSPS) is 18.2. The van der Waals surface area contributed by atoms with Crippen LogP contribution in [0, 0.1) is 13.7 Å². The van der Waals surface area contributed by atoms with Crippen LogP contribution >= 0.6 is 0 Å². The van der Waals surface area contributed by atoms with Crippen LogP contribution in [0.15, 0.2) is 85.4 Å². The van der Waals surface area contributed by atoms with E-state index >= 15 is 0 Å². The number of nitrogens with zero attached hydrogens (tertiary/aromatic N) is 5. The molecular weight excluding hydrogens is 507 g/mol. The highest BCUT2D eigenvalue weighted by Gasteiger charge is 2.31. The van der Waals surface area contributed by atoms with E-state index in [-0.39, 0.29) is 0 Å². The molecule has 0 aliphatic rings. The van der Waals surface area contributed by atoms with Gasteiger partial charge in [0, 0.05) is 61.1 Å². The molecule has 0 aliphatic heterocycles. The lowest BCUT2D eigenvalue weighted by atomic mass is 10.1. The van der Waals surface area contributed by atoms with Crippen molar-refractivity contribution in [3.63, 3.8) is 0 Å². The number of imidazole rings is 1. The number of alkyl halides is 3. The summed E-state index contributed by atoms with van der Waals surface area (Å²) >= 11 is 0. The summed E-state index contributed by atoms with van der Waals surface area (Å²) in [5.74, 6) is -2.35. The highest BCUT2D eigenvalue weighted by atomic mass is 19.4. The SMILES string of the molecule is [2H]c1nc(Nc2c([2H])c(C(=O)Nc3cc(-n4c([2H])nc(C([2H])([2H])[2H])c4[2H])cc(C(F)(F)F)c3)c([2H])c([2H])c2C([2H])([2H])[2H])nc(-c2c([2H])nc([2H])c([2H])c2[2H])c1[2H]. The predicted molar refractivity (Wildman–Crippen MR) is 141 cm³/mol. The fourth-order valence-corrected chi connectivity index (χ4v) is 3.08. The lowest BCUT2D eigenvalue weighted by Gasteiger charge is -2.14. The van der Waals surface area contributed by atoms with Crippen LogP contribution in [0.25, 0.3) is 16.9 Å². The summed E-state index contributed by atoms with van der Waals surface area (Å²) in [4.78, 5) is 28.3.